The summed E-state index contributed by atoms with van der Waals surface area (Å²) in [5.41, 5.74) is 4.27. The number of unbranched alkanes of at least 4 members (excludes halogenated alkanes) is 1. The molecule has 1 amide bonds. The van der Waals surface area contributed by atoms with Crippen LogP contribution in [-0.2, 0) is 11.2 Å². The minimum absolute atomic E-state index is 0.0327. The highest BCUT2D eigenvalue weighted by atomic mass is 16.4. The zero-order chi connectivity index (χ0) is 18.8. The Kier molecular flexibility index (Phi) is 5.16. The van der Waals surface area contributed by atoms with Crippen molar-refractivity contribution < 1.29 is 13.6 Å². The number of hydrogen-bond acceptors (Lipinski definition) is 4. The van der Waals surface area contributed by atoms with Crippen LogP contribution in [-0.4, -0.2) is 12.5 Å². The van der Waals surface area contributed by atoms with Gasteiger partial charge >= 0.3 is 5.63 Å². The number of nitrogens with one attached hydrogen (secondary N) is 1. The molecule has 0 atom stereocenters. The van der Waals surface area contributed by atoms with Crippen LogP contribution < -0.4 is 10.9 Å². The van der Waals surface area contributed by atoms with Crippen molar-refractivity contribution in [2.45, 2.75) is 53.4 Å². The van der Waals surface area contributed by atoms with Gasteiger partial charge in [0.05, 0.1) is 6.26 Å². The van der Waals surface area contributed by atoms with E-state index in [2.05, 4.69) is 12.2 Å². The maximum absolute atomic E-state index is 12.5. The third-order valence-electron chi connectivity index (χ3n) is 4.99. The van der Waals surface area contributed by atoms with E-state index in [4.69, 9.17) is 8.83 Å². The normalized spacial score (nSPS) is 11.4. The van der Waals surface area contributed by atoms with E-state index in [0.29, 0.717) is 24.1 Å². The van der Waals surface area contributed by atoms with Crippen LogP contribution in [0.5, 0.6) is 0 Å². The maximum atomic E-state index is 12.5. The average Bonchev–Trinajstić information content (AvgIpc) is 2.98. The first-order valence-electron chi connectivity index (χ1n) is 9.14. The summed E-state index contributed by atoms with van der Waals surface area (Å²) in [5, 5.41) is 4.81. The molecule has 3 rings (SSSR count). The summed E-state index contributed by atoms with van der Waals surface area (Å²) in [6, 6.07) is 2.01. The lowest BCUT2D eigenvalue weighted by Crippen LogP contribution is -2.25. The smallest absolute Gasteiger partial charge is 0.339 e. The van der Waals surface area contributed by atoms with Gasteiger partial charge in [0.1, 0.15) is 11.2 Å². The number of carbonyl (C=O) groups excluding carboxylic acids is 1. The SMILES string of the molecule is CCCCNC(=O)CCc1c(C)c2cc3c(C)coc3c(C)c2oc1=O. The molecule has 138 valence electrons. The topological polar surface area (TPSA) is 72.5 Å². The quantitative estimate of drug-likeness (QED) is 0.528. The Morgan fingerprint density at radius 2 is 1.88 bits per heavy atom. The highest BCUT2D eigenvalue weighted by Gasteiger charge is 2.17. The molecule has 0 saturated heterocycles. The molecular formula is C21H25NO4. The number of carbonyl (C=O) groups is 1. The Balaban J connectivity index is 1.96. The van der Waals surface area contributed by atoms with Crippen LogP contribution in [0.1, 0.15) is 48.4 Å². The number of furan rings is 1. The zero-order valence-electron chi connectivity index (χ0n) is 15.8. The molecule has 0 fully saturated rings. The van der Waals surface area contributed by atoms with Gasteiger partial charge in [-0.15, -0.1) is 0 Å². The van der Waals surface area contributed by atoms with E-state index < -0.39 is 0 Å². The summed E-state index contributed by atoms with van der Waals surface area (Å²) >= 11 is 0. The largest absolute Gasteiger partial charge is 0.464 e. The molecule has 3 aromatic rings. The van der Waals surface area contributed by atoms with Gasteiger partial charge < -0.3 is 14.2 Å². The van der Waals surface area contributed by atoms with E-state index in [9.17, 15) is 9.59 Å². The van der Waals surface area contributed by atoms with Crippen LogP contribution in [0.3, 0.4) is 0 Å². The van der Waals surface area contributed by atoms with Gasteiger partial charge in [-0.2, -0.15) is 0 Å². The molecule has 2 heterocycles. The Labute approximate surface area is 152 Å². The second-order valence-electron chi connectivity index (χ2n) is 6.87. The van der Waals surface area contributed by atoms with Crippen LogP contribution in [0.2, 0.25) is 0 Å². The van der Waals surface area contributed by atoms with Gasteiger partial charge in [0, 0.05) is 34.9 Å². The molecule has 5 heteroatoms. The molecule has 5 nitrogen and oxygen atoms in total. The first-order chi connectivity index (χ1) is 12.4. The molecule has 1 N–H and O–H groups in total. The second-order valence-corrected chi connectivity index (χ2v) is 6.87. The van der Waals surface area contributed by atoms with Crippen molar-refractivity contribution in [3.8, 4) is 0 Å². The minimum atomic E-state index is -0.373. The number of amides is 1. The fourth-order valence-corrected chi connectivity index (χ4v) is 3.34. The standard InChI is InChI=1S/C21H25NO4/c1-5-6-9-22-18(23)8-7-15-13(3)17-10-16-12(2)11-25-19(16)14(4)20(17)26-21(15)24/h10-11H,5-9H2,1-4H3,(H,22,23). The number of aryl methyl sites for hydroxylation is 3. The molecule has 1 aromatic carbocycles. The Hall–Kier alpha value is -2.56. The average molecular weight is 355 g/mol. The summed E-state index contributed by atoms with van der Waals surface area (Å²) in [7, 11) is 0. The molecule has 0 aliphatic rings. The molecule has 0 unspecified atom stereocenters. The number of rotatable bonds is 6. The number of benzene rings is 1. The van der Waals surface area contributed by atoms with E-state index in [1.54, 1.807) is 6.26 Å². The first-order valence-corrected chi connectivity index (χ1v) is 9.14. The molecule has 0 saturated carbocycles. The first kappa shape index (κ1) is 18.2. The third kappa shape index (κ3) is 3.26. The predicted octanol–water partition coefficient (Wildman–Crippen LogP) is 4.31. The lowest BCUT2D eigenvalue weighted by Gasteiger charge is -2.10. The van der Waals surface area contributed by atoms with Crippen LogP contribution in [0.25, 0.3) is 21.9 Å². The predicted molar refractivity (Wildman–Crippen MR) is 103 cm³/mol. The molecule has 0 aliphatic carbocycles. The van der Waals surface area contributed by atoms with Crippen molar-refractivity contribution in [2.75, 3.05) is 6.54 Å². The van der Waals surface area contributed by atoms with E-state index in [-0.39, 0.29) is 18.0 Å². The van der Waals surface area contributed by atoms with E-state index in [1.165, 1.54) is 0 Å². The lowest BCUT2D eigenvalue weighted by atomic mass is 9.98. The van der Waals surface area contributed by atoms with Crippen molar-refractivity contribution >= 4 is 27.8 Å². The fraction of sp³-hybridized carbons (Fsp3) is 0.429. The summed E-state index contributed by atoms with van der Waals surface area (Å²) in [4.78, 5) is 24.5. The molecule has 0 aliphatic heterocycles. The van der Waals surface area contributed by atoms with Gasteiger partial charge in [0.25, 0.3) is 0 Å². The Morgan fingerprint density at radius 3 is 2.62 bits per heavy atom. The van der Waals surface area contributed by atoms with Crippen molar-refractivity contribution in [3.63, 3.8) is 0 Å². The van der Waals surface area contributed by atoms with Crippen LogP contribution >= 0.6 is 0 Å². The van der Waals surface area contributed by atoms with Crippen LogP contribution in [0.4, 0.5) is 0 Å². The van der Waals surface area contributed by atoms with E-state index in [1.807, 2.05) is 26.8 Å². The van der Waals surface area contributed by atoms with Crippen molar-refractivity contribution in [1.29, 1.82) is 0 Å². The lowest BCUT2D eigenvalue weighted by molar-refractivity contribution is -0.121. The highest BCUT2D eigenvalue weighted by Crippen LogP contribution is 2.32. The van der Waals surface area contributed by atoms with Gasteiger partial charge in [0.15, 0.2) is 0 Å². The van der Waals surface area contributed by atoms with Gasteiger partial charge in [-0.1, -0.05) is 13.3 Å². The molecule has 26 heavy (non-hydrogen) atoms. The highest BCUT2D eigenvalue weighted by molar-refractivity contribution is 5.99. The minimum Gasteiger partial charge on any atom is -0.464 e. The number of fused-ring (bicyclic) bond motifs is 2. The van der Waals surface area contributed by atoms with Gasteiger partial charge in [-0.25, -0.2) is 4.79 Å². The Bertz CT molecular complexity index is 1030. The van der Waals surface area contributed by atoms with Crippen molar-refractivity contribution in [1.82, 2.24) is 5.32 Å². The molecule has 2 aromatic heterocycles. The van der Waals surface area contributed by atoms with Gasteiger partial charge in [0.2, 0.25) is 5.91 Å². The molecular weight excluding hydrogens is 330 g/mol. The molecule has 0 radical (unpaired) electrons. The third-order valence-corrected chi connectivity index (χ3v) is 4.99. The summed E-state index contributed by atoms with van der Waals surface area (Å²) in [6.07, 6.45) is 4.37. The summed E-state index contributed by atoms with van der Waals surface area (Å²) in [6.45, 7) is 8.57. The second kappa shape index (κ2) is 7.36. The number of hydrogen-bond donors (Lipinski definition) is 1. The fourth-order valence-electron chi connectivity index (χ4n) is 3.34. The van der Waals surface area contributed by atoms with Gasteiger partial charge in [-0.3, -0.25) is 4.79 Å². The van der Waals surface area contributed by atoms with E-state index in [0.717, 1.165) is 45.9 Å². The van der Waals surface area contributed by atoms with Crippen molar-refractivity contribution in [3.05, 3.63) is 45.0 Å². The summed E-state index contributed by atoms with van der Waals surface area (Å²) < 4.78 is 11.2. The maximum Gasteiger partial charge on any atom is 0.339 e. The zero-order valence-corrected chi connectivity index (χ0v) is 15.8. The van der Waals surface area contributed by atoms with Crippen LogP contribution in [0, 0.1) is 20.8 Å². The van der Waals surface area contributed by atoms with Crippen LogP contribution in [0.15, 0.2) is 26.0 Å². The Morgan fingerprint density at radius 1 is 1.12 bits per heavy atom. The molecule has 0 spiro atoms. The van der Waals surface area contributed by atoms with Gasteiger partial charge in [-0.05, 0) is 50.8 Å². The van der Waals surface area contributed by atoms with Crippen molar-refractivity contribution in [2.24, 2.45) is 0 Å². The van der Waals surface area contributed by atoms with E-state index >= 15 is 0 Å². The molecule has 0 bridgehead atoms. The monoisotopic (exact) mass is 355 g/mol. The summed E-state index contributed by atoms with van der Waals surface area (Å²) in [5.74, 6) is -0.0327.